The fraction of sp³-hybridized carbons (Fsp3) is 0.394. The van der Waals surface area contributed by atoms with Gasteiger partial charge in [0, 0.05) is 16.7 Å². The summed E-state index contributed by atoms with van der Waals surface area (Å²) in [6.45, 7) is 8.12. The lowest BCUT2D eigenvalue weighted by Crippen LogP contribution is -2.32. The van der Waals surface area contributed by atoms with Crippen molar-refractivity contribution < 1.29 is 29.6 Å². The van der Waals surface area contributed by atoms with Gasteiger partial charge in [-0.3, -0.25) is 0 Å². The lowest BCUT2D eigenvalue weighted by molar-refractivity contribution is 0.0245. The second-order valence-corrected chi connectivity index (χ2v) is 10.4. The van der Waals surface area contributed by atoms with Crippen LogP contribution in [0, 0.1) is 0 Å². The third-order valence-corrected chi connectivity index (χ3v) is 7.54. The summed E-state index contributed by atoms with van der Waals surface area (Å²) in [5.74, 6) is -1.29. The highest BCUT2D eigenvalue weighted by Gasteiger charge is 2.51. The van der Waals surface area contributed by atoms with Crippen LogP contribution < -0.4 is 0 Å². The zero-order valence-corrected chi connectivity index (χ0v) is 23.3. The fourth-order valence-electron chi connectivity index (χ4n) is 5.86. The number of aromatic hydroxyl groups is 2. The Hall–Kier alpha value is -3.80. The number of aryl methyl sites for hydroxylation is 4. The predicted molar refractivity (Wildman–Crippen MR) is 151 cm³/mol. The van der Waals surface area contributed by atoms with E-state index < -0.39 is 17.5 Å². The molecule has 0 saturated heterocycles. The Kier molecular flexibility index (Phi) is 8.34. The summed E-state index contributed by atoms with van der Waals surface area (Å²) in [5, 5.41) is 32.4. The van der Waals surface area contributed by atoms with Crippen LogP contribution in [0.15, 0.2) is 42.5 Å². The van der Waals surface area contributed by atoms with E-state index in [2.05, 4.69) is 0 Å². The normalized spacial score (nSPS) is 13.8. The summed E-state index contributed by atoms with van der Waals surface area (Å²) in [6, 6.07) is 12.1. The predicted octanol–water partition coefficient (Wildman–Crippen LogP) is 7.07. The number of rotatable bonds is 11. The SMILES string of the molecule is CCCc1cc(C2(c3cc(CCC)c(O)c(CCC)c3)OC(=O)c3cccc(C(=O)O)c32)cc(CCC)c1O. The van der Waals surface area contributed by atoms with Crippen LogP contribution in [-0.2, 0) is 36.0 Å². The van der Waals surface area contributed by atoms with Gasteiger partial charge < -0.3 is 20.1 Å². The van der Waals surface area contributed by atoms with Crippen LogP contribution in [-0.4, -0.2) is 27.3 Å². The first kappa shape index (κ1) is 28.2. The number of phenols is 2. The number of phenolic OH excluding ortho intramolecular Hbond substituents is 2. The van der Waals surface area contributed by atoms with Crippen molar-refractivity contribution >= 4 is 11.9 Å². The van der Waals surface area contributed by atoms with Crippen LogP contribution in [0.5, 0.6) is 11.5 Å². The molecular formula is C33H38O6. The molecule has 0 atom stereocenters. The van der Waals surface area contributed by atoms with E-state index in [1.807, 2.05) is 52.0 Å². The van der Waals surface area contributed by atoms with Gasteiger partial charge >= 0.3 is 11.9 Å². The molecule has 4 rings (SSSR count). The molecule has 3 N–H and O–H groups in total. The van der Waals surface area contributed by atoms with Crippen molar-refractivity contribution in [3.05, 3.63) is 92.5 Å². The lowest BCUT2D eigenvalue weighted by atomic mass is 9.75. The van der Waals surface area contributed by atoms with Crippen LogP contribution in [0.25, 0.3) is 0 Å². The number of carboxylic acids is 1. The molecule has 6 nitrogen and oxygen atoms in total. The number of cyclic esters (lactones) is 1. The summed E-state index contributed by atoms with van der Waals surface area (Å²) < 4.78 is 6.33. The molecule has 1 aliphatic rings. The van der Waals surface area contributed by atoms with Crippen LogP contribution in [0.2, 0.25) is 0 Å². The number of carbonyl (C=O) groups is 2. The van der Waals surface area contributed by atoms with Crippen molar-refractivity contribution in [2.45, 2.75) is 84.7 Å². The average Bonchev–Trinajstić information content (AvgIpc) is 3.22. The molecule has 1 heterocycles. The molecule has 3 aromatic carbocycles. The van der Waals surface area contributed by atoms with Crippen molar-refractivity contribution in [1.82, 2.24) is 0 Å². The van der Waals surface area contributed by atoms with Crippen LogP contribution >= 0.6 is 0 Å². The number of carbonyl (C=O) groups excluding carboxylic acids is 1. The van der Waals surface area contributed by atoms with E-state index in [-0.39, 0.29) is 28.2 Å². The Morgan fingerprint density at radius 1 is 0.744 bits per heavy atom. The number of carboxylic acid groups (broad SMARTS) is 1. The molecule has 39 heavy (non-hydrogen) atoms. The number of ether oxygens (including phenoxy) is 1. The highest BCUT2D eigenvalue weighted by Crippen LogP contribution is 2.51. The summed E-state index contributed by atoms with van der Waals surface area (Å²) in [6.07, 6.45) is 5.66. The van der Waals surface area contributed by atoms with Gasteiger partial charge in [-0.05, 0) is 84.3 Å². The number of fused-ring (bicyclic) bond motifs is 1. The van der Waals surface area contributed by atoms with Gasteiger partial charge in [0.1, 0.15) is 11.5 Å². The van der Waals surface area contributed by atoms with Crippen molar-refractivity contribution in [1.29, 1.82) is 0 Å². The maximum Gasteiger partial charge on any atom is 0.340 e. The summed E-state index contributed by atoms with van der Waals surface area (Å²) >= 11 is 0. The van der Waals surface area contributed by atoms with Gasteiger partial charge in [-0.1, -0.05) is 59.4 Å². The number of hydrogen-bond acceptors (Lipinski definition) is 5. The molecule has 0 bridgehead atoms. The van der Waals surface area contributed by atoms with E-state index in [0.29, 0.717) is 36.8 Å². The van der Waals surface area contributed by atoms with E-state index in [9.17, 15) is 24.9 Å². The van der Waals surface area contributed by atoms with E-state index in [4.69, 9.17) is 4.74 Å². The molecule has 0 radical (unpaired) electrons. The molecule has 0 fully saturated rings. The second-order valence-electron chi connectivity index (χ2n) is 10.4. The molecule has 1 aliphatic heterocycles. The summed E-state index contributed by atoms with van der Waals surface area (Å²) in [5.41, 5.74) is 3.06. The average molecular weight is 531 g/mol. The molecule has 0 aromatic heterocycles. The maximum absolute atomic E-state index is 13.5. The zero-order valence-electron chi connectivity index (χ0n) is 23.3. The molecule has 0 amide bonds. The van der Waals surface area contributed by atoms with Gasteiger partial charge in [0.25, 0.3) is 0 Å². The largest absolute Gasteiger partial charge is 0.507 e. The summed E-state index contributed by atoms with van der Waals surface area (Å²) in [7, 11) is 0. The Morgan fingerprint density at radius 2 is 1.15 bits per heavy atom. The minimum Gasteiger partial charge on any atom is -0.507 e. The number of esters is 1. The van der Waals surface area contributed by atoms with Crippen molar-refractivity contribution in [2.24, 2.45) is 0 Å². The van der Waals surface area contributed by atoms with Gasteiger partial charge in [0.05, 0.1) is 11.1 Å². The Morgan fingerprint density at radius 3 is 1.51 bits per heavy atom. The first-order valence-electron chi connectivity index (χ1n) is 14.0. The molecule has 0 spiro atoms. The van der Waals surface area contributed by atoms with Gasteiger partial charge in [0.15, 0.2) is 5.60 Å². The Bertz CT molecular complexity index is 1280. The van der Waals surface area contributed by atoms with E-state index >= 15 is 0 Å². The van der Waals surface area contributed by atoms with Crippen molar-refractivity contribution in [3.8, 4) is 11.5 Å². The smallest absolute Gasteiger partial charge is 0.340 e. The summed E-state index contributed by atoms with van der Waals surface area (Å²) in [4.78, 5) is 26.0. The molecule has 0 aliphatic carbocycles. The topological polar surface area (TPSA) is 104 Å². The first-order chi connectivity index (χ1) is 18.7. The van der Waals surface area contributed by atoms with Gasteiger partial charge in [-0.25, -0.2) is 9.59 Å². The molecule has 0 saturated carbocycles. The maximum atomic E-state index is 13.5. The highest BCUT2D eigenvalue weighted by molar-refractivity contribution is 6.02. The second kappa shape index (κ2) is 11.5. The Labute approximate surface area is 230 Å². The van der Waals surface area contributed by atoms with Crippen LogP contribution in [0.1, 0.15) is 113 Å². The van der Waals surface area contributed by atoms with Crippen molar-refractivity contribution in [3.63, 3.8) is 0 Å². The molecule has 3 aromatic rings. The molecule has 0 unspecified atom stereocenters. The standard InChI is InChI=1S/C33H38O6/c1-5-10-20-16-24(17-21(11-6-2)29(20)34)33(25-18-22(12-7-3)30(35)23(19-25)13-8-4)28-26(31(36)37)14-9-15-27(28)32(38)39-33/h9,14-19,34-35H,5-8,10-13H2,1-4H3,(H,36,37). The number of aromatic carboxylic acids is 1. The fourth-order valence-corrected chi connectivity index (χ4v) is 5.86. The minimum atomic E-state index is -1.56. The van der Waals surface area contributed by atoms with E-state index in [1.165, 1.54) is 6.07 Å². The van der Waals surface area contributed by atoms with Crippen molar-refractivity contribution in [2.75, 3.05) is 0 Å². The monoisotopic (exact) mass is 530 g/mol. The van der Waals surface area contributed by atoms with Gasteiger partial charge in [-0.15, -0.1) is 0 Å². The lowest BCUT2D eigenvalue weighted by Gasteiger charge is -2.33. The number of hydrogen-bond donors (Lipinski definition) is 3. The van der Waals surface area contributed by atoms with Gasteiger partial charge in [-0.2, -0.15) is 0 Å². The first-order valence-corrected chi connectivity index (χ1v) is 14.0. The number of benzene rings is 3. The minimum absolute atomic E-state index is 0.0114. The zero-order chi connectivity index (χ0) is 28.3. The Balaban J connectivity index is 2.18. The van der Waals surface area contributed by atoms with E-state index in [1.54, 1.807) is 12.1 Å². The molecule has 6 heteroatoms. The van der Waals surface area contributed by atoms with Crippen LogP contribution in [0.4, 0.5) is 0 Å². The quantitative estimate of drug-likeness (QED) is 0.229. The van der Waals surface area contributed by atoms with Crippen LogP contribution in [0.3, 0.4) is 0 Å². The molecule has 206 valence electrons. The third kappa shape index (κ3) is 4.88. The van der Waals surface area contributed by atoms with Gasteiger partial charge in [0.2, 0.25) is 0 Å². The molecular weight excluding hydrogens is 492 g/mol. The van der Waals surface area contributed by atoms with E-state index in [0.717, 1.165) is 47.9 Å². The third-order valence-electron chi connectivity index (χ3n) is 7.54. The highest BCUT2D eigenvalue weighted by atomic mass is 16.6.